The van der Waals surface area contributed by atoms with E-state index >= 15 is 0 Å². The van der Waals surface area contributed by atoms with Gasteiger partial charge in [0.25, 0.3) is 0 Å². The Morgan fingerprint density at radius 1 is 0.821 bits per heavy atom. The predicted molar refractivity (Wildman–Crippen MR) is 101 cm³/mol. The van der Waals surface area contributed by atoms with Gasteiger partial charge in [0, 0.05) is 0 Å². The first-order valence-electron chi connectivity index (χ1n) is 9.65. The Hall–Kier alpha value is -1.80. The molecule has 6 nitrogen and oxygen atoms in total. The van der Waals surface area contributed by atoms with E-state index < -0.39 is 24.6 Å². The summed E-state index contributed by atoms with van der Waals surface area (Å²) in [5.74, 6) is 0. The van der Waals surface area contributed by atoms with E-state index in [2.05, 4.69) is 0 Å². The van der Waals surface area contributed by atoms with Gasteiger partial charge in [-0.3, -0.25) is 0 Å². The first-order valence-corrected chi connectivity index (χ1v) is 9.65. The number of aliphatic hydroxyl groups is 1. The van der Waals surface area contributed by atoms with Crippen molar-refractivity contribution in [3.8, 4) is 0 Å². The Morgan fingerprint density at radius 2 is 1.43 bits per heavy atom. The average molecular weight is 386 g/mol. The van der Waals surface area contributed by atoms with Crippen LogP contribution < -0.4 is 0 Å². The predicted octanol–water partition coefficient (Wildman–Crippen LogP) is 2.29. The molecule has 0 bridgehead atoms. The maximum absolute atomic E-state index is 10.6. The molecule has 2 heterocycles. The Bertz CT molecular complexity index is 709. The third-order valence-electron chi connectivity index (χ3n) is 5.00. The molecule has 1 unspecified atom stereocenters. The van der Waals surface area contributed by atoms with E-state index in [1.165, 1.54) is 0 Å². The average Bonchev–Trinajstić information content (AvgIpc) is 2.98. The van der Waals surface area contributed by atoms with Crippen LogP contribution in [-0.2, 0) is 36.9 Å². The quantitative estimate of drug-likeness (QED) is 0.822. The molecule has 1 N–H and O–H groups in total. The van der Waals surface area contributed by atoms with Gasteiger partial charge in [-0.1, -0.05) is 60.7 Å². The summed E-state index contributed by atoms with van der Waals surface area (Å²) in [6, 6.07) is 19.7. The molecule has 5 atom stereocenters. The largest absolute Gasteiger partial charge is 0.376 e. The third kappa shape index (κ3) is 4.78. The summed E-state index contributed by atoms with van der Waals surface area (Å²) in [6.45, 7) is 2.06. The number of rotatable bonds is 6. The van der Waals surface area contributed by atoms with Gasteiger partial charge in [0.15, 0.2) is 6.29 Å². The van der Waals surface area contributed by atoms with Crippen LogP contribution >= 0.6 is 0 Å². The SMILES string of the molecule is OC1O[C@@H]2COCCO[C@H]2[C@H](OCc2ccccc2)[C@H]1OCc1ccccc1. The van der Waals surface area contributed by atoms with E-state index in [4.69, 9.17) is 23.7 Å². The van der Waals surface area contributed by atoms with E-state index in [1.807, 2.05) is 60.7 Å². The maximum atomic E-state index is 10.6. The lowest BCUT2D eigenvalue weighted by atomic mass is 9.98. The second-order valence-electron chi connectivity index (χ2n) is 7.00. The minimum absolute atomic E-state index is 0.352. The molecule has 2 aliphatic heterocycles. The number of fused-ring (bicyclic) bond motifs is 1. The van der Waals surface area contributed by atoms with Crippen molar-refractivity contribution in [3.63, 3.8) is 0 Å². The number of ether oxygens (including phenoxy) is 5. The third-order valence-corrected chi connectivity index (χ3v) is 5.00. The minimum atomic E-state index is -1.11. The number of aliphatic hydroxyl groups excluding tert-OH is 1. The zero-order valence-electron chi connectivity index (χ0n) is 15.7. The van der Waals surface area contributed by atoms with Crippen LogP contribution in [0.4, 0.5) is 0 Å². The van der Waals surface area contributed by atoms with Gasteiger partial charge in [-0.25, -0.2) is 0 Å². The highest BCUT2D eigenvalue weighted by molar-refractivity contribution is 5.14. The zero-order valence-corrected chi connectivity index (χ0v) is 15.7. The molecule has 0 aromatic heterocycles. The van der Waals surface area contributed by atoms with Gasteiger partial charge >= 0.3 is 0 Å². The van der Waals surface area contributed by atoms with Gasteiger partial charge in [-0.15, -0.1) is 0 Å². The fourth-order valence-electron chi connectivity index (χ4n) is 3.57. The molecule has 4 rings (SSSR count). The van der Waals surface area contributed by atoms with E-state index in [0.29, 0.717) is 33.0 Å². The second-order valence-corrected chi connectivity index (χ2v) is 7.00. The fourth-order valence-corrected chi connectivity index (χ4v) is 3.57. The second kappa shape index (κ2) is 9.60. The molecule has 2 aliphatic rings. The molecule has 0 saturated carbocycles. The summed E-state index contributed by atoms with van der Waals surface area (Å²) in [4.78, 5) is 0. The van der Waals surface area contributed by atoms with Crippen molar-refractivity contribution >= 4 is 0 Å². The molecule has 0 amide bonds. The molecule has 0 aliphatic carbocycles. The summed E-state index contributed by atoms with van der Waals surface area (Å²) in [7, 11) is 0. The molecule has 2 fully saturated rings. The summed E-state index contributed by atoms with van der Waals surface area (Å²) < 4.78 is 29.5. The van der Waals surface area contributed by atoms with Crippen LogP contribution in [0.5, 0.6) is 0 Å². The Kier molecular flexibility index (Phi) is 6.69. The molecule has 150 valence electrons. The topological polar surface area (TPSA) is 66.4 Å². The lowest BCUT2D eigenvalue weighted by Crippen LogP contribution is -2.60. The van der Waals surface area contributed by atoms with E-state index in [0.717, 1.165) is 11.1 Å². The van der Waals surface area contributed by atoms with E-state index in [1.54, 1.807) is 0 Å². The number of hydrogen-bond donors (Lipinski definition) is 1. The molecular weight excluding hydrogens is 360 g/mol. The lowest BCUT2D eigenvalue weighted by molar-refractivity contribution is -0.308. The van der Waals surface area contributed by atoms with Crippen LogP contribution in [0.25, 0.3) is 0 Å². The normalized spacial score (nSPS) is 30.4. The van der Waals surface area contributed by atoms with Crippen molar-refractivity contribution in [1.29, 1.82) is 0 Å². The van der Waals surface area contributed by atoms with Gasteiger partial charge in [0.2, 0.25) is 0 Å². The molecular formula is C22H26O6. The highest BCUT2D eigenvalue weighted by Gasteiger charge is 2.48. The minimum Gasteiger partial charge on any atom is -0.376 e. The van der Waals surface area contributed by atoms with Crippen molar-refractivity contribution in [2.24, 2.45) is 0 Å². The molecule has 2 aromatic carbocycles. The number of hydrogen-bond acceptors (Lipinski definition) is 6. The summed E-state index contributed by atoms with van der Waals surface area (Å²) >= 11 is 0. The zero-order chi connectivity index (χ0) is 19.2. The Morgan fingerprint density at radius 3 is 2.07 bits per heavy atom. The van der Waals surface area contributed by atoms with Crippen LogP contribution in [0.2, 0.25) is 0 Å². The van der Waals surface area contributed by atoms with Crippen molar-refractivity contribution in [2.75, 3.05) is 19.8 Å². The van der Waals surface area contributed by atoms with Crippen LogP contribution in [0.15, 0.2) is 60.7 Å². The molecule has 6 heteroatoms. The maximum Gasteiger partial charge on any atom is 0.184 e. The van der Waals surface area contributed by atoms with Crippen molar-refractivity contribution in [1.82, 2.24) is 0 Å². The van der Waals surface area contributed by atoms with Gasteiger partial charge in [-0.05, 0) is 11.1 Å². The summed E-state index contributed by atoms with van der Waals surface area (Å²) in [6.07, 6.45) is -3.01. The lowest BCUT2D eigenvalue weighted by Gasteiger charge is -2.43. The fraction of sp³-hybridized carbons (Fsp3) is 0.455. The van der Waals surface area contributed by atoms with Crippen molar-refractivity contribution in [3.05, 3.63) is 71.8 Å². The van der Waals surface area contributed by atoms with Crippen LogP contribution in [0.1, 0.15) is 11.1 Å². The highest BCUT2D eigenvalue weighted by atomic mass is 16.7. The highest BCUT2D eigenvalue weighted by Crippen LogP contribution is 2.29. The van der Waals surface area contributed by atoms with Crippen molar-refractivity contribution in [2.45, 2.75) is 43.9 Å². The molecule has 28 heavy (non-hydrogen) atoms. The van der Waals surface area contributed by atoms with Crippen molar-refractivity contribution < 1.29 is 28.8 Å². The molecule has 2 saturated heterocycles. The Labute approximate surface area is 164 Å². The van der Waals surface area contributed by atoms with Crippen LogP contribution in [-0.4, -0.2) is 55.6 Å². The van der Waals surface area contributed by atoms with Crippen LogP contribution in [0.3, 0.4) is 0 Å². The smallest absolute Gasteiger partial charge is 0.184 e. The first-order chi connectivity index (χ1) is 13.8. The molecule has 0 spiro atoms. The number of benzene rings is 2. The standard InChI is InChI=1S/C22H26O6/c23-22-21(27-14-17-9-5-2-6-10-17)20(26-13-16-7-3-1-4-8-16)19-18(28-22)15-24-11-12-25-19/h1-10,18-23H,11-15H2/t18-,19-,20+,21-,22?/m1/s1. The van der Waals surface area contributed by atoms with Crippen LogP contribution in [0, 0.1) is 0 Å². The monoisotopic (exact) mass is 386 g/mol. The first kappa shape index (κ1) is 19.5. The molecule has 2 aromatic rings. The Balaban J connectivity index is 1.50. The summed E-state index contributed by atoms with van der Waals surface area (Å²) in [5, 5.41) is 10.6. The van der Waals surface area contributed by atoms with E-state index in [9.17, 15) is 5.11 Å². The summed E-state index contributed by atoms with van der Waals surface area (Å²) in [5.41, 5.74) is 2.07. The van der Waals surface area contributed by atoms with Gasteiger partial charge in [0.1, 0.15) is 24.4 Å². The van der Waals surface area contributed by atoms with Gasteiger partial charge in [0.05, 0.1) is 33.0 Å². The van der Waals surface area contributed by atoms with Gasteiger partial charge < -0.3 is 28.8 Å². The molecule has 0 radical (unpaired) electrons. The van der Waals surface area contributed by atoms with Gasteiger partial charge in [-0.2, -0.15) is 0 Å². The van der Waals surface area contributed by atoms with E-state index in [-0.39, 0.29) is 6.10 Å².